The number of benzene rings is 2. The SMILES string of the molecule is CC(CCc1ccc(Br)cc1)(Cn1ccnc1)Sc1ccc(Br)cc1Br. The van der Waals surface area contributed by atoms with E-state index in [1.165, 1.54) is 10.5 Å². The van der Waals surface area contributed by atoms with E-state index in [1.807, 2.05) is 30.5 Å². The van der Waals surface area contributed by atoms with Crippen LogP contribution >= 0.6 is 59.6 Å². The number of rotatable bonds is 7. The van der Waals surface area contributed by atoms with Crippen LogP contribution in [0.2, 0.25) is 0 Å². The third-order valence-electron chi connectivity index (χ3n) is 4.18. The molecule has 1 heterocycles. The molecule has 1 unspecified atom stereocenters. The van der Waals surface area contributed by atoms with Crippen LogP contribution < -0.4 is 0 Å². The summed E-state index contributed by atoms with van der Waals surface area (Å²) in [4.78, 5) is 5.46. The van der Waals surface area contributed by atoms with Crippen LogP contribution in [-0.2, 0) is 13.0 Å². The second kappa shape index (κ2) is 9.09. The van der Waals surface area contributed by atoms with E-state index in [4.69, 9.17) is 0 Å². The number of aryl methyl sites for hydroxylation is 1. The van der Waals surface area contributed by atoms with Crippen LogP contribution in [0.1, 0.15) is 18.9 Å². The molecule has 0 saturated heterocycles. The molecule has 6 heteroatoms. The molecule has 0 aliphatic carbocycles. The molecule has 0 amide bonds. The number of thioether (sulfide) groups is 1. The van der Waals surface area contributed by atoms with Gasteiger partial charge in [0, 0.05) is 42.0 Å². The first-order chi connectivity index (χ1) is 12.4. The maximum Gasteiger partial charge on any atom is 0.0946 e. The Kier molecular flexibility index (Phi) is 7.05. The molecule has 0 spiro atoms. The summed E-state index contributed by atoms with van der Waals surface area (Å²) in [6.07, 6.45) is 7.89. The van der Waals surface area contributed by atoms with E-state index < -0.39 is 0 Å². The van der Waals surface area contributed by atoms with Crippen molar-refractivity contribution in [2.24, 2.45) is 0 Å². The summed E-state index contributed by atoms with van der Waals surface area (Å²) in [6, 6.07) is 15.0. The summed E-state index contributed by atoms with van der Waals surface area (Å²) in [7, 11) is 0. The summed E-state index contributed by atoms with van der Waals surface area (Å²) in [5.41, 5.74) is 1.36. The van der Waals surface area contributed by atoms with E-state index in [9.17, 15) is 0 Å². The summed E-state index contributed by atoms with van der Waals surface area (Å²) in [5, 5.41) is 0. The first kappa shape index (κ1) is 20.2. The van der Waals surface area contributed by atoms with Crippen molar-refractivity contribution in [1.29, 1.82) is 0 Å². The molecule has 0 saturated carbocycles. The van der Waals surface area contributed by atoms with E-state index in [-0.39, 0.29) is 4.75 Å². The molecule has 26 heavy (non-hydrogen) atoms. The molecule has 1 atom stereocenters. The summed E-state index contributed by atoms with van der Waals surface area (Å²) in [6.45, 7) is 3.25. The second-order valence-corrected chi connectivity index (χ2v) is 10.8. The van der Waals surface area contributed by atoms with Crippen LogP contribution in [0, 0.1) is 0 Å². The highest BCUT2D eigenvalue weighted by atomic mass is 79.9. The molecule has 3 rings (SSSR count). The molecule has 2 aromatic carbocycles. The number of halogens is 3. The van der Waals surface area contributed by atoms with Gasteiger partial charge in [0.1, 0.15) is 0 Å². The zero-order valence-electron chi connectivity index (χ0n) is 14.3. The van der Waals surface area contributed by atoms with Crippen LogP contribution in [0.25, 0.3) is 0 Å². The molecule has 0 N–H and O–H groups in total. The van der Waals surface area contributed by atoms with E-state index in [2.05, 4.69) is 107 Å². The van der Waals surface area contributed by atoms with E-state index >= 15 is 0 Å². The lowest BCUT2D eigenvalue weighted by molar-refractivity contribution is 0.495. The van der Waals surface area contributed by atoms with Gasteiger partial charge in [-0.05, 0) is 71.6 Å². The van der Waals surface area contributed by atoms with Crippen molar-refractivity contribution >= 4 is 59.6 Å². The molecule has 0 aliphatic rings. The molecule has 0 fully saturated rings. The number of aromatic nitrogens is 2. The number of hydrogen-bond acceptors (Lipinski definition) is 2. The topological polar surface area (TPSA) is 17.8 Å². The number of imidazole rings is 1. The van der Waals surface area contributed by atoms with Crippen LogP contribution in [-0.4, -0.2) is 14.3 Å². The maximum absolute atomic E-state index is 4.20. The Morgan fingerprint density at radius 3 is 2.42 bits per heavy atom. The van der Waals surface area contributed by atoms with Gasteiger partial charge in [0.25, 0.3) is 0 Å². The zero-order chi connectivity index (χ0) is 18.6. The van der Waals surface area contributed by atoms with Gasteiger partial charge in [-0.25, -0.2) is 4.98 Å². The molecule has 0 bridgehead atoms. The molecule has 0 radical (unpaired) electrons. The van der Waals surface area contributed by atoms with Crippen molar-refractivity contribution in [3.63, 3.8) is 0 Å². The smallest absolute Gasteiger partial charge is 0.0946 e. The van der Waals surface area contributed by atoms with Crippen LogP contribution in [0.15, 0.2) is 79.5 Å². The Morgan fingerprint density at radius 1 is 1.04 bits per heavy atom. The predicted octanol–water partition coefficient (Wildman–Crippen LogP) is 7.35. The fraction of sp³-hybridized carbons (Fsp3) is 0.250. The minimum Gasteiger partial charge on any atom is -0.336 e. The number of hydrogen-bond donors (Lipinski definition) is 0. The lowest BCUT2D eigenvalue weighted by Gasteiger charge is -2.30. The van der Waals surface area contributed by atoms with E-state index in [1.54, 1.807) is 0 Å². The van der Waals surface area contributed by atoms with Gasteiger partial charge >= 0.3 is 0 Å². The summed E-state index contributed by atoms with van der Waals surface area (Å²) >= 11 is 12.7. The fourth-order valence-corrected chi connectivity index (χ4v) is 5.61. The van der Waals surface area contributed by atoms with Gasteiger partial charge in [-0.1, -0.05) is 44.0 Å². The van der Waals surface area contributed by atoms with Crippen molar-refractivity contribution in [2.75, 3.05) is 0 Å². The molecular weight excluding hydrogens is 540 g/mol. The molecule has 3 aromatic rings. The normalized spacial score (nSPS) is 13.5. The molecule has 1 aromatic heterocycles. The van der Waals surface area contributed by atoms with Crippen molar-refractivity contribution in [1.82, 2.24) is 9.55 Å². The highest BCUT2D eigenvalue weighted by molar-refractivity contribution is 9.11. The first-order valence-electron chi connectivity index (χ1n) is 8.28. The third kappa shape index (κ3) is 5.72. The van der Waals surface area contributed by atoms with Crippen molar-refractivity contribution < 1.29 is 0 Å². The maximum atomic E-state index is 4.20. The first-order valence-corrected chi connectivity index (χ1v) is 11.5. The van der Waals surface area contributed by atoms with Gasteiger partial charge in [-0.15, -0.1) is 11.8 Å². The Morgan fingerprint density at radius 2 is 1.77 bits per heavy atom. The quantitative estimate of drug-likeness (QED) is 0.282. The number of nitrogens with zero attached hydrogens (tertiary/aromatic N) is 2. The fourth-order valence-electron chi connectivity index (χ4n) is 2.81. The van der Waals surface area contributed by atoms with Crippen molar-refractivity contribution in [3.8, 4) is 0 Å². The Labute approximate surface area is 184 Å². The van der Waals surface area contributed by atoms with Gasteiger partial charge in [0.05, 0.1) is 6.33 Å². The van der Waals surface area contributed by atoms with Gasteiger partial charge in [-0.3, -0.25) is 0 Å². The Hall–Kier alpha value is -0.560. The van der Waals surface area contributed by atoms with Crippen LogP contribution in [0.4, 0.5) is 0 Å². The van der Waals surface area contributed by atoms with E-state index in [0.29, 0.717) is 0 Å². The third-order valence-corrected chi connectivity index (χ3v) is 7.52. The van der Waals surface area contributed by atoms with Gasteiger partial charge in [0.2, 0.25) is 0 Å². The Balaban J connectivity index is 1.79. The molecular formula is C20H19Br3N2S. The second-order valence-electron chi connectivity index (χ2n) is 6.49. The van der Waals surface area contributed by atoms with Gasteiger partial charge in [-0.2, -0.15) is 0 Å². The van der Waals surface area contributed by atoms with Crippen molar-refractivity contribution in [2.45, 2.75) is 36.0 Å². The zero-order valence-corrected chi connectivity index (χ0v) is 19.9. The molecule has 2 nitrogen and oxygen atoms in total. The van der Waals surface area contributed by atoms with Crippen LogP contribution in [0.5, 0.6) is 0 Å². The van der Waals surface area contributed by atoms with Crippen molar-refractivity contribution in [3.05, 3.63) is 80.2 Å². The van der Waals surface area contributed by atoms with Gasteiger partial charge < -0.3 is 4.57 Å². The van der Waals surface area contributed by atoms with Gasteiger partial charge in [0.15, 0.2) is 0 Å². The lowest BCUT2D eigenvalue weighted by Crippen LogP contribution is -2.27. The minimum absolute atomic E-state index is 0.0458. The Bertz CT molecular complexity index is 850. The highest BCUT2D eigenvalue weighted by Gasteiger charge is 2.27. The van der Waals surface area contributed by atoms with E-state index in [0.717, 1.165) is 32.8 Å². The molecule has 136 valence electrons. The summed E-state index contributed by atoms with van der Waals surface area (Å²) in [5.74, 6) is 0. The minimum atomic E-state index is 0.0458. The average molecular weight is 559 g/mol. The highest BCUT2D eigenvalue weighted by Crippen LogP contribution is 2.41. The largest absolute Gasteiger partial charge is 0.336 e. The summed E-state index contributed by atoms with van der Waals surface area (Å²) < 4.78 is 5.54. The average Bonchev–Trinajstić information content (AvgIpc) is 3.10. The van der Waals surface area contributed by atoms with Crippen LogP contribution in [0.3, 0.4) is 0 Å². The lowest BCUT2D eigenvalue weighted by atomic mass is 10.00. The standard InChI is InChI=1S/C20H19Br3N2S/c1-20(13-25-11-10-24-14-25,9-8-15-2-4-16(21)5-3-15)26-19-7-6-17(22)12-18(19)23/h2-7,10-12,14H,8-9,13H2,1H3. The monoisotopic (exact) mass is 556 g/mol. The molecule has 0 aliphatic heterocycles. The predicted molar refractivity (Wildman–Crippen MR) is 121 cm³/mol.